The fourth-order valence-electron chi connectivity index (χ4n) is 4.17. The monoisotopic (exact) mass is 562 g/mol. The van der Waals surface area contributed by atoms with Crippen LogP contribution in [-0.4, -0.2) is 67.4 Å². The van der Waals surface area contributed by atoms with Gasteiger partial charge in [0.1, 0.15) is 11.4 Å². The fourth-order valence-corrected chi connectivity index (χ4v) is 4.80. The average molecular weight is 563 g/mol. The third-order valence-electron chi connectivity index (χ3n) is 5.99. The highest BCUT2D eigenvalue weighted by Gasteiger charge is 2.38. The molecule has 0 N–H and O–H groups in total. The van der Waals surface area contributed by atoms with Gasteiger partial charge in [-0.05, 0) is 38.5 Å². The molecule has 1 amide bonds. The number of anilines is 1. The molecular weight excluding hydrogens is 533 g/mol. The molecule has 1 aromatic heterocycles. The SMILES string of the molecule is CC(C)(C)OC(=O)N1CCN(c2nc(C(F)(F)F)nc(-c3ccc(S(C)(=O)=O)cc3)c2-c2ccccc2)CC1. The Bertz CT molecular complexity index is 1450. The molecule has 0 atom stereocenters. The first-order valence-corrected chi connectivity index (χ1v) is 14.1. The summed E-state index contributed by atoms with van der Waals surface area (Å²) in [6, 6.07) is 14.4. The van der Waals surface area contributed by atoms with Gasteiger partial charge in [-0.3, -0.25) is 0 Å². The molecule has 0 aliphatic carbocycles. The van der Waals surface area contributed by atoms with Gasteiger partial charge in [0, 0.05) is 38.0 Å². The molecule has 0 bridgehead atoms. The van der Waals surface area contributed by atoms with Gasteiger partial charge >= 0.3 is 12.3 Å². The number of hydrogen-bond acceptors (Lipinski definition) is 7. The fraction of sp³-hybridized carbons (Fsp3) is 0.370. The zero-order valence-corrected chi connectivity index (χ0v) is 22.8. The topological polar surface area (TPSA) is 92.7 Å². The first-order chi connectivity index (χ1) is 18.1. The summed E-state index contributed by atoms with van der Waals surface area (Å²) in [7, 11) is -3.51. The molecule has 1 fully saturated rings. The van der Waals surface area contributed by atoms with E-state index in [1.807, 2.05) is 0 Å². The molecule has 0 spiro atoms. The van der Waals surface area contributed by atoms with Gasteiger partial charge in [-0.25, -0.2) is 23.2 Å². The summed E-state index contributed by atoms with van der Waals surface area (Å²) in [5.74, 6) is -1.23. The maximum Gasteiger partial charge on any atom is 0.451 e. The summed E-state index contributed by atoms with van der Waals surface area (Å²) in [5.41, 5.74) is 0.625. The summed E-state index contributed by atoms with van der Waals surface area (Å²) in [4.78, 5) is 23.7. The molecule has 12 heteroatoms. The molecule has 0 radical (unpaired) electrons. The van der Waals surface area contributed by atoms with Crippen LogP contribution in [0, 0.1) is 0 Å². The maximum atomic E-state index is 14.0. The van der Waals surface area contributed by atoms with Crippen molar-refractivity contribution in [3.8, 4) is 22.4 Å². The van der Waals surface area contributed by atoms with Crippen LogP contribution < -0.4 is 4.90 Å². The van der Waals surface area contributed by atoms with Crippen LogP contribution >= 0.6 is 0 Å². The van der Waals surface area contributed by atoms with Gasteiger partial charge < -0.3 is 14.5 Å². The smallest absolute Gasteiger partial charge is 0.444 e. The highest BCUT2D eigenvalue weighted by molar-refractivity contribution is 7.90. The highest BCUT2D eigenvalue weighted by atomic mass is 32.2. The molecule has 1 aliphatic heterocycles. The van der Waals surface area contributed by atoms with Crippen LogP contribution in [0.1, 0.15) is 26.6 Å². The summed E-state index contributed by atoms with van der Waals surface area (Å²) in [6.45, 7) is 6.18. The summed E-state index contributed by atoms with van der Waals surface area (Å²) in [5, 5.41) is 0. The number of halogens is 3. The van der Waals surface area contributed by atoms with Gasteiger partial charge in [0.05, 0.1) is 16.2 Å². The standard InChI is InChI=1S/C27H29F3N4O4S/c1-26(2,3)38-25(35)34-16-14-33(15-17-34)23-21(18-8-6-5-7-9-18)22(31-24(32-23)27(28,29)30)19-10-12-20(13-11-19)39(4,36)37/h5-13H,14-17H2,1-4H3. The van der Waals surface area contributed by atoms with E-state index in [4.69, 9.17) is 4.74 Å². The van der Waals surface area contributed by atoms with E-state index in [1.54, 1.807) is 56.0 Å². The lowest BCUT2D eigenvalue weighted by atomic mass is 9.98. The Kier molecular flexibility index (Phi) is 7.61. The van der Waals surface area contributed by atoms with E-state index in [0.717, 1.165) is 6.26 Å². The van der Waals surface area contributed by atoms with Crippen LogP contribution in [0.5, 0.6) is 0 Å². The highest BCUT2D eigenvalue weighted by Crippen LogP contribution is 2.40. The largest absolute Gasteiger partial charge is 0.451 e. The Balaban J connectivity index is 1.83. The van der Waals surface area contributed by atoms with Crippen LogP contribution in [0.2, 0.25) is 0 Å². The Morgan fingerprint density at radius 2 is 1.46 bits per heavy atom. The first kappa shape index (κ1) is 28.3. The number of hydrogen-bond donors (Lipinski definition) is 0. The van der Waals surface area contributed by atoms with Crippen molar-refractivity contribution >= 4 is 21.7 Å². The Labute approximate surface area is 225 Å². The summed E-state index contributed by atoms with van der Waals surface area (Å²) < 4.78 is 71.4. The number of benzene rings is 2. The molecule has 4 rings (SSSR count). The number of ether oxygens (including phenoxy) is 1. The van der Waals surface area contributed by atoms with Gasteiger partial charge in [0.15, 0.2) is 9.84 Å². The molecule has 3 aromatic rings. The van der Waals surface area contributed by atoms with Gasteiger partial charge in [-0.1, -0.05) is 42.5 Å². The minimum Gasteiger partial charge on any atom is -0.444 e. The number of rotatable bonds is 4. The van der Waals surface area contributed by atoms with Crippen LogP contribution in [0.15, 0.2) is 59.5 Å². The molecule has 1 aliphatic rings. The summed E-state index contributed by atoms with van der Waals surface area (Å²) >= 11 is 0. The molecule has 8 nitrogen and oxygen atoms in total. The van der Waals surface area contributed by atoms with Crippen molar-refractivity contribution in [3.05, 3.63) is 60.4 Å². The lowest BCUT2D eigenvalue weighted by Crippen LogP contribution is -2.50. The second kappa shape index (κ2) is 10.5. The van der Waals surface area contributed by atoms with Crippen molar-refractivity contribution in [1.82, 2.24) is 14.9 Å². The van der Waals surface area contributed by atoms with Gasteiger partial charge in [0.2, 0.25) is 5.82 Å². The van der Waals surface area contributed by atoms with E-state index in [1.165, 1.54) is 29.2 Å². The number of carbonyl (C=O) groups is 1. The Morgan fingerprint density at radius 1 is 0.872 bits per heavy atom. The van der Waals surface area contributed by atoms with E-state index >= 15 is 0 Å². The predicted octanol–water partition coefficient (Wildman–Crippen LogP) is 5.29. The minimum atomic E-state index is -4.83. The van der Waals surface area contributed by atoms with Crippen molar-refractivity contribution < 1.29 is 31.1 Å². The maximum absolute atomic E-state index is 14.0. The van der Waals surface area contributed by atoms with Gasteiger partial charge in [-0.15, -0.1) is 0 Å². The molecule has 1 saturated heterocycles. The van der Waals surface area contributed by atoms with Crippen molar-refractivity contribution in [1.29, 1.82) is 0 Å². The van der Waals surface area contributed by atoms with Crippen molar-refractivity contribution in [2.24, 2.45) is 0 Å². The zero-order chi connectivity index (χ0) is 28.6. The van der Waals surface area contributed by atoms with Crippen molar-refractivity contribution in [2.45, 2.75) is 37.4 Å². The number of alkyl halides is 3. The quantitative estimate of drug-likeness (QED) is 0.427. The minimum absolute atomic E-state index is 0.0214. The van der Waals surface area contributed by atoms with E-state index in [0.29, 0.717) is 16.7 Å². The van der Waals surface area contributed by atoms with E-state index in [-0.39, 0.29) is 42.6 Å². The first-order valence-electron chi connectivity index (χ1n) is 12.2. The lowest BCUT2D eigenvalue weighted by molar-refractivity contribution is -0.144. The van der Waals surface area contributed by atoms with E-state index < -0.39 is 33.5 Å². The number of nitrogens with zero attached hydrogens (tertiary/aromatic N) is 4. The average Bonchev–Trinajstić information content (AvgIpc) is 2.86. The Morgan fingerprint density at radius 3 is 1.97 bits per heavy atom. The second-order valence-electron chi connectivity index (χ2n) is 10.2. The predicted molar refractivity (Wildman–Crippen MR) is 141 cm³/mol. The van der Waals surface area contributed by atoms with E-state index in [9.17, 15) is 26.4 Å². The van der Waals surface area contributed by atoms with Gasteiger partial charge in [0.25, 0.3) is 0 Å². The molecule has 2 aromatic carbocycles. The normalized spacial score (nSPS) is 14.8. The van der Waals surface area contributed by atoms with Crippen LogP contribution in [-0.2, 0) is 20.8 Å². The summed E-state index contributed by atoms with van der Waals surface area (Å²) in [6.07, 6.45) is -4.27. The molecule has 39 heavy (non-hydrogen) atoms. The lowest BCUT2D eigenvalue weighted by Gasteiger charge is -2.37. The number of piperazine rings is 1. The second-order valence-corrected chi connectivity index (χ2v) is 12.2. The van der Waals surface area contributed by atoms with Crippen molar-refractivity contribution in [2.75, 3.05) is 37.3 Å². The molecular formula is C27H29F3N4O4S. The van der Waals surface area contributed by atoms with Gasteiger partial charge in [-0.2, -0.15) is 13.2 Å². The third kappa shape index (κ3) is 6.67. The van der Waals surface area contributed by atoms with Crippen LogP contribution in [0.25, 0.3) is 22.4 Å². The molecule has 0 saturated carbocycles. The molecule has 0 unspecified atom stereocenters. The molecule has 2 heterocycles. The molecule has 208 valence electrons. The number of amides is 1. The number of sulfone groups is 1. The Hall–Kier alpha value is -3.67. The van der Waals surface area contributed by atoms with Crippen LogP contribution in [0.3, 0.4) is 0 Å². The number of aromatic nitrogens is 2. The number of carbonyl (C=O) groups excluding carboxylic acids is 1. The van der Waals surface area contributed by atoms with Crippen molar-refractivity contribution in [3.63, 3.8) is 0 Å². The zero-order valence-electron chi connectivity index (χ0n) is 22.0. The van der Waals surface area contributed by atoms with Crippen LogP contribution in [0.4, 0.5) is 23.8 Å². The van der Waals surface area contributed by atoms with E-state index in [2.05, 4.69) is 9.97 Å². The third-order valence-corrected chi connectivity index (χ3v) is 7.12.